The molecule has 258 valence electrons. The topological polar surface area (TPSA) is 3.24 Å². The first-order valence-corrected chi connectivity index (χ1v) is 20.3. The Morgan fingerprint density at radius 3 is 1.80 bits per heavy atom. The van der Waals surface area contributed by atoms with Gasteiger partial charge in [-0.3, -0.25) is 0 Å². The van der Waals surface area contributed by atoms with Crippen LogP contribution in [0.5, 0.6) is 0 Å². The van der Waals surface area contributed by atoms with Gasteiger partial charge in [0.1, 0.15) is 0 Å². The van der Waals surface area contributed by atoms with Crippen LogP contribution in [0.3, 0.4) is 0 Å². The summed E-state index contributed by atoms with van der Waals surface area (Å²) >= 11 is 3.74. The van der Waals surface area contributed by atoms with Crippen LogP contribution in [0.25, 0.3) is 84.5 Å². The van der Waals surface area contributed by atoms with Crippen LogP contribution in [0.4, 0.5) is 17.1 Å². The van der Waals surface area contributed by atoms with E-state index >= 15 is 0 Å². The third-order valence-corrected chi connectivity index (χ3v) is 13.2. The zero-order chi connectivity index (χ0) is 36.3. The predicted octanol–water partition coefficient (Wildman–Crippen LogP) is 16.0. The fraction of sp³-hybridized carbons (Fsp3) is 0. The van der Waals surface area contributed by atoms with Gasteiger partial charge >= 0.3 is 0 Å². The van der Waals surface area contributed by atoms with E-state index in [9.17, 15) is 0 Å². The normalized spacial score (nSPS) is 11.6. The maximum absolute atomic E-state index is 2.43. The highest BCUT2D eigenvalue weighted by molar-refractivity contribution is 7.26. The first-order valence-electron chi connectivity index (χ1n) is 18.7. The zero-order valence-electron chi connectivity index (χ0n) is 29.8. The van der Waals surface area contributed by atoms with E-state index in [2.05, 4.69) is 205 Å². The van der Waals surface area contributed by atoms with Crippen molar-refractivity contribution < 1.29 is 0 Å². The molecule has 3 heteroatoms. The Morgan fingerprint density at radius 2 is 0.927 bits per heavy atom. The van der Waals surface area contributed by atoms with Crippen molar-refractivity contribution in [2.45, 2.75) is 0 Å². The smallest absolute Gasteiger partial charge is 0.0540 e. The van der Waals surface area contributed by atoms with Crippen LogP contribution in [0, 0.1) is 0 Å². The van der Waals surface area contributed by atoms with Crippen molar-refractivity contribution in [1.82, 2.24) is 0 Å². The number of rotatable bonds is 6. The lowest BCUT2D eigenvalue weighted by Gasteiger charge is -2.28. The summed E-state index contributed by atoms with van der Waals surface area (Å²) in [5.74, 6) is 0. The van der Waals surface area contributed by atoms with Gasteiger partial charge in [0.2, 0.25) is 0 Å². The fourth-order valence-corrected chi connectivity index (χ4v) is 10.5. The van der Waals surface area contributed by atoms with Crippen LogP contribution in [-0.4, -0.2) is 0 Å². The molecular weight excluding hydrogens is 703 g/mol. The van der Waals surface area contributed by atoms with E-state index in [0.717, 1.165) is 17.1 Å². The lowest BCUT2D eigenvalue weighted by Crippen LogP contribution is -2.11. The maximum atomic E-state index is 2.43. The predicted molar refractivity (Wildman–Crippen MR) is 241 cm³/mol. The van der Waals surface area contributed by atoms with Gasteiger partial charge in [0.25, 0.3) is 0 Å². The average Bonchev–Trinajstić information content (AvgIpc) is 3.82. The van der Waals surface area contributed by atoms with Crippen LogP contribution < -0.4 is 4.90 Å². The second-order valence-electron chi connectivity index (χ2n) is 14.1. The third-order valence-electron chi connectivity index (χ3n) is 10.9. The van der Waals surface area contributed by atoms with Gasteiger partial charge in [-0.25, -0.2) is 0 Å². The lowest BCUT2D eigenvalue weighted by atomic mass is 9.97. The van der Waals surface area contributed by atoms with E-state index in [0.29, 0.717) is 0 Å². The number of benzene rings is 9. The molecule has 0 spiro atoms. The molecule has 0 aliphatic rings. The standard InChI is InChI=1S/C52H33NS2/c1-2-12-36-31-39(24-23-34(36)11-1)42-15-3-6-20-48(42)53(40-28-25-35(26-29-40)37-27-30-51-47(33-37)45-17-5-7-21-49(45)54-51)41-14-9-13-38(32-41)43-18-10-19-46-44-16-4-8-22-50(44)55-52(43)46/h1-33H. The SMILES string of the molecule is c1cc(-c2cccc3c2sc2ccccc23)cc(N(c2ccc(-c3ccc4sc5ccccc5c4c3)cc2)c2ccccc2-c2ccc3ccccc3c2)c1. The molecule has 1 nitrogen and oxygen atoms in total. The van der Waals surface area contributed by atoms with E-state index < -0.39 is 0 Å². The quantitative estimate of drug-likeness (QED) is 0.164. The highest BCUT2D eigenvalue weighted by Gasteiger charge is 2.19. The second-order valence-corrected chi connectivity index (χ2v) is 16.2. The molecule has 0 atom stereocenters. The van der Waals surface area contributed by atoms with Gasteiger partial charge in [-0.1, -0.05) is 140 Å². The van der Waals surface area contributed by atoms with Crippen molar-refractivity contribution in [3.8, 4) is 33.4 Å². The van der Waals surface area contributed by atoms with Crippen molar-refractivity contribution in [2.75, 3.05) is 4.90 Å². The van der Waals surface area contributed by atoms with Gasteiger partial charge in [0, 0.05) is 57.3 Å². The van der Waals surface area contributed by atoms with Gasteiger partial charge < -0.3 is 4.90 Å². The highest BCUT2D eigenvalue weighted by atomic mass is 32.1. The van der Waals surface area contributed by atoms with Crippen LogP contribution in [-0.2, 0) is 0 Å². The molecular formula is C52H33NS2. The number of hydrogen-bond acceptors (Lipinski definition) is 3. The molecule has 0 aliphatic carbocycles. The molecule has 0 radical (unpaired) electrons. The van der Waals surface area contributed by atoms with E-state index in [1.165, 1.54) is 84.5 Å². The van der Waals surface area contributed by atoms with Gasteiger partial charge in [0.15, 0.2) is 0 Å². The third kappa shape index (κ3) is 5.51. The summed E-state index contributed by atoms with van der Waals surface area (Å²) in [6.07, 6.45) is 0. The Balaban J connectivity index is 1.07. The second kappa shape index (κ2) is 13.1. The van der Waals surface area contributed by atoms with E-state index in [4.69, 9.17) is 0 Å². The number of nitrogens with zero attached hydrogens (tertiary/aromatic N) is 1. The lowest BCUT2D eigenvalue weighted by molar-refractivity contribution is 1.28. The molecule has 2 heterocycles. The summed E-state index contributed by atoms with van der Waals surface area (Å²) in [6, 6.07) is 73.5. The molecule has 0 bridgehead atoms. The first-order chi connectivity index (χ1) is 27.2. The summed E-state index contributed by atoms with van der Waals surface area (Å²) in [5, 5.41) is 7.75. The number of hydrogen-bond donors (Lipinski definition) is 0. The number of para-hydroxylation sites is 1. The summed E-state index contributed by atoms with van der Waals surface area (Å²) in [6.45, 7) is 0. The molecule has 0 saturated heterocycles. The Labute approximate surface area is 327 Å². The largest absolute Gasteiger partial charge is 0.310 e. The van der Waals surface area contributed by atoms with Crippen LogP contribution in [0.15, 0.2) is 200 Å². The molecule has 55 heavy (non-hydrogen) atoms. The van der Waals surface area contributed by atoms with Crippen molar-refractivity contribution in [1.29, 1.82) is 0 Å². The zero-order valence-corrected chi connectivity index (χ0v) is 31.4. The molecule has 11 rings (SSSR count). The Morgan fingerprint density at radius 1 is 0.309 bits per heavy atom. The Bertz CT molecular complexity index is 3220. The van der Waals surface area contributed by atoms with Crippen LogP contribution in [0.1, 0.15) is 0 Å². The van der Waals surface area contributed by atoms with Crippen LogP contribution >= 0.6 is 22.7 Å². The first kappa shape index (κ1) is 32.0. The summed E-state index contributed by atoms with van der Waals surface area (Å²) in [7, 11) is 0. The molecule has 0 aliphatic heterocycles. The van der Waals surface area contributed by atoms with Crippen molar-refractivity contribution in [3.05, 3.63) is 200 Å². The maximum Gasteiger partial charge on any atom is 0.0540 e. The van der Waals surface area contributed by atoms with E-state index in [1.807, 2.05) is 22.7 Å². The summed E-state index contributed by atoms with van der Waals surface area (Å²) in [4.78, 5) is 2.43. The highest BCUT2D eigenvalue weighted by Crippen LogP contribution is 2.45. The number of anilines is 3. The minimum Gasteiger partial charge on any atom is -0.310 e. The molecule has 0 unspecified atom stereocenters. The molecule has 0 fully saturated rings. The summed E-state index contributed by atoms with van der Waals surface area (Å²) in [5.41, 5.74) is 10.6. The van der Waals surface area contributed by atoms with E-state index in [-0.39, 0.29) is 0 Å². The van der Waals surface area contributed by atoms with Crippen molar-refractivity contribution in [3.63, 3.8) is 0 Å². The fourth-order valence-electron chi connectivity index (χ4n) is 8.19. The average molecular weight is 736 g/mol. The van der Waals surface area contributed by atoms with Crippen molar-refractivity contribution >= 4 is 90.9 Å². The van der Waals surface area contributed by atoms with Crippen molar-refractivity contribution in [2.24, 2.45) is 0 Å². The molecule has 9 aromatic carbocycles. The number of fused-ring (bicyclic) bond motifs is 7. The van der Waals surface area contributed by atoms with Gasteiger partial charge in [-0.2, -0.15) is 0 Å². The van der Waals surface area contributed by atoms with Crippen LogP contribution in [0.2, 0.25) is 0 Å². The summed E-state index contributed by atoms with van der Waals surface area (Å²) < 4.78 is 5.29. The Hall–Kier alpha value is -6.52. The van der Waals surface area contributed by atoms with E-state index in [1.54, 1.807) is 0 Å². The minimum absolute atomic E-state index is 1.11. The molecule has 0 amide bonds. The monoisotopic (exact) mass is 735 g/mol. The van der Waals surface area contributed by atoms with Gasteiger partial charge in [-0.05, 0) is 99.3 Å². The Kier molecular flexibility index (Phi) is 7.61. The molecule has 0 N–H and O–H groups in total. The minimum atomic E-state index is 1.11. The van der Waals surface area contributed by atoms with Gasteiger partial charge in [-0.15, -0.1) is 22.7 Å². The van der Waals surface area contributed by atoms with Gasteiger partial charge in [0.05, 0.1) is 5.69 Å². The molecule has 0 saturated carbocycles. The molecule has 11 aromatic rings. The molecule has 2 aromatic heterocycles. The number of thiophene rings is 2.